The summed E-state index contributed by atoms with van der Waals surface area (Å²) in [7, 11) is 0. The van der Waals surface area contributed by atoms with Gasteiger partial charge in [-0.3, -0.25) is 25.0 Å². The number of hydrogen-bond acceptors (Lipinski definition) is 35. The Balaban J connectivity index is 0.000000110. The molecule has 4 aromatic carbocycles. The number of anilines is 5. The highest BCUT2D eigenvalue weighted by Gasteiger charge is 2.39. The summed E-state index contributed by atoms with van der Waals surface area (Å²) in [5.74, 6) is 6.00. The van der Waals surface area contributed by atoms with Gasteiger partial charge in [-0.2, -0.15) is 0 Å². The Morgan fingerprint density at radius 3 is 0.868 bits per heavy atom. The van der Waals surface area contributed by atoms with E-state index < -0.39 is 0 Å². The van der Waals surface area contributed by atoms with E-state index in [0.29, 0.717) is 5.92 Å². The first-order valence-electron chi connectivity index (χ1n) is 50.8. The third-order valence-electron chi connectivity index (χ3n) is 27.4. The van der Waals surface area contributed by atoms with Crippen LogP contribution in [0.15, 0.2) is 208 Å². The zero-order valence-electron chi connectivity index (χ0n) is 84.8. The molecule has 25 nitrogen and oxygen atoms in total. The fourth-order valence-corrected chi connectivity index (χ4v) is 29.7. The molecule has 10 aliphatic heterocycles. The van der Waals surface area contributed by atoms with E-state index >= 15 is 0 Å². The van der Waals surface area contributed by atoms with E-state index in [1.54, 1.807) is 65.6 Å². The van der Waals surface area contributed by atoms with E-state index in [0.717, 1.165) is 267 Å². The molecule has 0 amide bonds. The first-order chi connectivity index (χ1) is 69.8. The summed E-state index contributed by atoms with van der Waals surface area (Å²) in [6.45, 7) is 51.5. The molecule has 20 heterocycles. The van der Waals surface area contributed by atoms with Crippen LogP contribution in [-0.4, -0.2) is 288 Å². The number of aromatic nitrogens is 10. The number of rotatable bonds is 17. The molecule has 144 heavy (non-hydrogen) atoms. The zero-order valence-corrected chi connectivity index (χ0v) is 93.0. The Labute approximate surface area is 888 Å². The third kappa shape index (κ3) is 24.9. The number of fused-ring (bicyclic) bond motifs is 5. The van der Waals surface area contributed by atoms with Crippen LogP contribution in [0.3, 0.4) is 0 Å². The predicted octanol–water partition coefficient (Wildman–Crippen LogP) is 22.2. The van der Waals surface area contributed by atoms with Crippen molar-refractivity contribution in [3.63, 3.8) is 0 Å². The molecule has 0 bridgehead atoms. The largest absolute Gasteiger partial charge is 0.352 e. The quantitative estimate of drug-likeness (QED) is 0.0826. The van der Waals surface area contributed by atoms with Crippen LogP contribution in [0.2, 0.25) is 0 Å². The number of benzene rings is 4. The van der Waals surface area contributed by atoms with Crippen molar-refractivity contribution in [3.05, 3.63) is 219 Å². The Morgan fingerprint density at radius 1 is 0.271 bits per heavy atom. The molecule has 0 aliphatic carbocycles. The zero-order chi connectivity index (χ0) is 99.1. The molecular formula is C109H131N25S10. The van der Waals surface area contributed by atoms with Crippen molar-refractivity contribution < 1.29 is 0 Å². The summed E-state index contributed by atoms with van der Waals surface area (Å²) in [5.41, 5.74) is 5.36. The van der Waals surface area contributed by atoms with Gasteiger partial charge in [0.25, 0.3) is 0 Å². The van der Waals surface area contributed by atoms with Crippen molar-refractivity contribution in [1.82, 2.24) is 74.3 Å². The van der Waals surface area contributed by atoms with Gasteiger partial charge in [0.05, 0.1) is 59.7 Å². The lowest BCUT2D eigenvalue weighted by Crippen LogP contribution is -2.48. The second-order valence-corrected chi connectivity index (χ2v) is 55.1. The maximum absolute atomic E-state index is 4.78. The molecule has 35 heteroatoms. The van der Waals surface area contributed by atoms with E-state index in [1.807, 2.05) is 81.5 Å². The molecule has 24 rings (SSSR count). The molecule has 752 valence electrons. The standard InChI is InChI=1S/C24H29N5S2.C23H27N5S2.C22H25N5S2.C21H23N5S2.C19H27N5S2/c1-24(2)16-25-23(31-24)29-13-11-28(12-14-29)21-20-15-19(30-22(20)27-17-26-21)10-6-9-18-7-4-3-5-8-18;1-23(2)15-24-22(30-23)28-12-10-27(11-13-28)20-19-14-18(29-21(19)26-16-25-20)9-8-17-6-4-3-5-7-17;1-22(2)14-23-21(29-22)27-10-8-26(9-11-27)19-18-13-17(28-20(18)25-15-24-19)12-16-6-4-3-5-7-16;1-21(2)13-22-20(28-21)26-10-8-25(9-11-26)18-16-12-17(15-6-4-3-5-7-15)27-19(16)24-14-23-18;1-5-13(2)15-10-14-16(21-12-22-17(14)25-15)23-6-8-24(9-7-23)18-20-11-19(3,4)26-18/h3-5,7-8,15,17H,6,9-14,16H2,1-2H3;3-7,14,16H,8-13,15H2,1-2H3;3-7,13,15H,8-12,14H2,1-2H3;3-7,12,14H,8-11,13H2,1-2H3;10,12-13H,5-9,11H2,1-4H3. The summed E-state index contributed by atoms with van der Waals surface area (Å²) in [5, 5.41) is 12.0. The van der Waals surface area contributed by atoms with Crippen molar-refractivity contribution >= 4 is 222 Å². The van der Waals surface area contributed by atoms with Gasteiger partial charge < -0.3 is 49.0 Å². The highest BCUT2D eigenvalue weighted by molar-refractivity contribution is 8.16. The van der Waals surface area contributed by atoms with Crippen molar-refractivity contribution in [1.29, 1.82) is 0 Å². The van der Waals surface area contributed by atoms with Crippen LogP contribution >= 0.6 is 115 Å². The average Bonchev–Trinajstić information content (AvgIpc) is 1.63. The van der Waals surface area contributed by atoms with Gasteiger partial charge in [0.2, 0.25) is 0 Å². The molecule has 5 saturated heterocycles. The number of amidine groups is 5. The summed E-state index contributed by atoms with van der Waals surface area (Å²) in [4.78, 5) is 106. The van der Waals surface area contributed by atoms with E-state index in [-0.39, 0.29) is 23.7 Å². The highest BCUT2D eigenvalue weighted by atomic mass is 32.2. The normalized spacial score (nSPS) is 19.3. The lowest BCUT2D eigenvalue weighted by atomic mass is 10.1. The van der Waals surface area contributed by atoms with E-state index in [9.17, 15) is 0 Å². The van der Waals surface area contributed by atoms with Gasteiger partial charge in [0.1, 0.15) is 84.9 Å². The Hall–Kier alpha value is -9.82. The fourth-order valence-electron chi connectivity index (χ4n) is 19.2. The number of piperazine rings is 5. The molecule has 1 atom stereocenters. The predicted molar refractivity (Wildman–Crippen MR) is 622 cm³/mol. The van der Waals surface area contributed by atoms with Gasteiger partial charge in [-0.1, -0.05) is 194 Å². The number of hydrogen-bond donors (Lipinski definition) is 0. The van der Waals surface area contributed by atoms with Crippen molar-refractivity contribution in [2.24, 2.45) is 25.0 Å². The van der Waals surface area contributed by atoms with Gasteiger partial charge in [0.15, 0.2) is 25.8 Å². The second-order valence-electron chi connectivity index (χ2n) is 41.3. The van der Waals surface area contributed by atoms with Crippen LogP contribution in [0.1, 0.15) is 138 Å². The van der Waals surface area contributed by atoms with Crippen molar-refractivity contribution in [3.8, 4) is 10.4 Å². The maximum atomic E-state index is 4.78. The Kier molecular flexibility index (Phi) is 31.8. The van der Waals surface area contributed by atoms with Gasteiger partial charge >= 0.3 is 0 Å². The lowest BCUT2D eigenvalue weighted by Gasteiger charge is -2.36. The average molecular weight is 2110 g/mol. The van der Waals surface area contributed by atoms with Crippen molar-refractivity contribution in [2.75, 3.05) is 188 Å². The molecular weight excluding hydrogens is 1980 g/mol. The Bertz CT molecular complexity index is 6900. The minimum atomic E-state index is 0.232. The van der Waals surface area contributed by atoms with Crippen LogP contribution in [0, 0.1) is 0 Å². The SMILES string of the molecule is CC1(C)CN=C(N2CCN(c3ncnc4sc(-c5ccccc5)cc34)CC2)S1.CC1(C)CN=C(N2CCN(c3ncnc4sc(CCCc5ccccc5)cc34)CC2)S1.CC1(C)CN=C(N2CCN(c3ncnc4sc(CCc5ccccc5)cc34)CC2)S1.CC1(C)CN=C(N2CCN(c3ncnc4sc(Cc5ccccc5)cc34)CC2)S1.CCC(C)c1cc2c(N3CCN(C4=NCC(C)(C)S4)CC3)ncnc2s1. The van der Waals surface area contributed by atoms with Crippen LogP contribution in [0.4, 0.5) is 29.1 Å². The molecule has 0 spiro atoms. The topological polar surface area (TPSA) is 223 Å². The first-order valence-corrected chi connectivity index (χ1v) is 59.0. The fraction of sp³-hybridized carbons (Fsp3) is 0.459. The van der Waals surface area contributed by atoms with Crippen LogP contribution in [0.5, 0.6) is 0 Å². The van der Waals surface area contributed by atoms with Gasteiger partial charge in [-0.15, -0.1) is 56.7 Å². The molecule has 10 aromatic heterocycles. The van der Waals surface area contributed by atoms with Crippen LogP contribution < -0.4 is 24.5 Å². The second kappa shape index (κ2) is 45.1. The minimum Gasteiger partial charge on any atom is -0.352 e. The molecule has 14 aromatic rings. The van der Waals surface area contributed by atoms with Gasteiger partial charge in [0, 0.05) is 185 Å². The summed E-state index contributed by atoms with van der Waals surface area (Å²) < 4.78 is 1.18. The molecule has 10 aliphatic rings. The van der Waals surface area contributed by atoms with E-state index in [1.165, 1.54) is 94.0 Å². The summed E-state index contributed by atoms with van der Waals surface area (Å²) in [6, 6.07) is 54.1. The van der Waals surface area contributed by atoms with Crippen LogP contribution in [0.25, 0.3) is 61.5 Å². The summed E-state index contributed by atoms with van der Waals surface area (Å²) in [6.07, 6.45) is 16.2. The maximum Gasteiger partial charge on any atom is 0.159 e. The molecule has 1 unspecified atom stereocenters. The monoisotopic (exact) mass is 2110 g/mol. The van der Waals surface area contributed by atoms with E-state index in [2.05, 4.69) is 334 Å². The van der Waals surface area contributed by atoms with Crippen molar-refractivity contribution in [2.45, 2.75) is 158 Å². The number of thioether (sulfide) groups is 5. The minimum absolute atomic E-state index is 0.232. The smallest absolute Gasteiger partial charge is 0.159 e. The Morgan fingerprint density at radius 2 is 0.542 bits per heavy atom. The van der Waals surface area contributed by atoms with Gasteiger partial charge in [-0.05, 0) is 166 Å². The third-order valence-corrected chi connectivity index (χ3v) is 39.3. The first kappa shape index (κ1) is 101. The van der Waals surface area contributed by atoms with E-state index in [4.69, 9.17) is 25.0 Å². The molecule has 0 saturated carbocycles. The molecule has 0 N–H and O–H groups in total. The highest BCUT2D eigenvalue weighted by Crippen LogP contribution is 2.45. The lowest BCUT2D eigenvalue weighted by molar-refractivity contribution is 0.391. The number of aliphatic imine (C=N–C) groups is 5. The molecule has 0 radical (unpaired) electrons. The van der Waals surface area contributed by atoms with Crippen LogP contribution in [-0.2, 0) is 32.1 Å². The number of thiophene rings is 5. The number of aryl methyl sites for hydroxylation is 4. The molecule has 5 fully saturated rings. The summed E-state index contributed by atoms with van der Waals surface area (Å²) >= 11 is 18.5. The number of nitrogens with zero attached hydrogens (tertiary/aromatic N) is 25. The van der Waals surface area contributed by atoms with Gasteiger partial charge in [-0.25, -0.2) is 49.8 Å².